The summed E-state index contributed by atoms with van der Waals surface area (Å²) in [6.45, 7) is 2.51. The molecule has 6 heteroatoms. The quantitative estimate of drug-likeness (QED) is 0.889. The summed E-state index contributed by atoms with van der Waals surface area (Å²) in [6, 6.07) is 1.94. The van der Waals surface area contributed by atoms with Crippen molar-refractivity contribution >= 4 is 37.8 Å². The average Bonchev–Trinajstić information content (AvgIpc) is 2.75. The van der Waals surface area contributed by atoms with E-state index in [9.17, 15) is 4.79 Å². The topological polar surface area (TPSA) is 53.7 Å². The third-order valence-electron chi connectivity index (χ3n) is 2.91. The molecule has 1 atom stereocenters. The maximum atomic E-state index is 10.6. The van der Waals surface area contributed by atoms with Crippen LogP contribution in [-0.4, -0.2) is 29.1 Å². The Labute approximate surface area is 116 Å². The standard InChI is InChI=1S/C11H13Br2NO3/c12-9-4-8(17-11(9)13)6-14-2-1-7(5-14)3-10(15)16/h4,7H,1-3,5-6H2,(H,15,16). The molecule has 1 N–H and O–H groups in total. The number of furan rings is 1. The highest BCUT2D eigenvalue weighted by Crippen LogP contribution is 2.29. The first-order valence-electron chi connectivity index (χ1n) is 5.42. The van der Waals surface area contributed by atoms with Gasteiger partial charge in [-0.1, -0.05) is 0 Å². The van der Waals surface area contributed by atoms with Gasteiger partial charge >= 0.3 is 5.97 Å². The van der Waals surface area contributed by atoms with E-state index in [1.807, 2.05) is 6.07 Å². The van der Waals surface area contributed by atoms with Crippen molar-refractivity contribution in [3.8, 4) is 0 Å². The number of nitrogens with zero attached hydrogens (tertiary/aromatic N) is 1. The van der Waals surface area contributed by atoms with Crippen LogP contribution in [0.15, 0.2) is 19.6 Å². The Bertz CT molecular complexity index is 399. The molecule has 1 fully saturated rings. The zero-order valence-electron chi connectivity index (χ0n) is 9.16. The minimum atomic E-state index is -0.708. The Morgan fingerprint density at radius 2 is 2.35 bits per heavy atom. The van der Waals surface area contributed by atoms with Crippen LogP contribution in [0.25, 0.3) is 0 Å². The molecule has 4 nitrogen and oxygen atoms in total. The maximum absolute atomic E-state index is 10.6. The van der Waals surface area contributed by atoms with Gasteiger partial charge < -0.3 is 9.52 Å². The van der Waals surface area contributed by atoms with Crippen LogP contribution in [0.5, 0.6) is 0 Å². The monoisotopic (exact) mass is 365 g/mol. The number of hydrogen-bond acceptors (Lipinski definition) is 3. The molecule has 1 aromatic rings. The summed E-state index contributed by atoms with van der Waals surface area (Å²) < 4.78 is 7.12. The second kappa shape index (κ2) is 5.54. The second-order valence-electron chi connectivity index (χ2n) is 4.32. The number of carbonyl (C=O) groups is 1. The summed E-state index contributed by atoms with van der Waals surface area (Å²) in [6.07, 6.45) is 1.22. The van der Waals surface area contributed by atoms with Crippen LogP contribution >= 0.6 is 31.9 Å². The van der Waals surface area contributed by atoms with Gasteiger partial charge in [-0.15, -0.1) is 0 Å². The Morgan fingerprint density at radius 3 is 2.94 bits per heavy atom. The largest absolute Gasteiger partial charge is 0.481 e. The van der Waals surface area contributed by atoms with E-state index < -0.39 is 5.97 Å². The summed E-state index contributed by atoms with van der Waals surface area (Å²) >= 11 is 6.67. The molecule has 1 unspecified atom stereocenters. The van der Waals surface area contributed by atoms with Crippen molar-refractivity contribution in [2.24, 2.45) is 5.92 Å². The molecule has 0 aromatic carbocycles. The highest BCUT2D eigenvalue weighted by atomic mass is 79.9. The van der Waals surface area contributed by atoms with E-state index in [-0.39, 0.29) is 12.3 Å². The average molecular weight is 367 g/mol. The fourth-order valence-electron chi connectivity index (χ4n) is 2.16. The van der Waals surface area contributed by atoms with Crippen LogP contribution in [0.1, 0.15) is 18.6 Å². The van der Waals surface area contributed by atoms with Gasteiger partial charge in [-0.25, -0.2) is 0 Å². The normalized spacial score (nSPS) is 20.9. The van der Waals surface area contributed by atoms with Crippen molar-refractivity contribution in [3.63, 3.8) is 0 Å². The molecule has 0 aliphatic carbocycles. The number of carboxylic acid groups (broad SMARTS) is 1. The van der Waals surface area contributed by atoms with Crippen LogP contribution in [0.4, 0.5) is 0 Å². The minimum Gasteiger partial charge on any atom is -0.481 e. The van der Waals surface area contributed by atoms with Crippen LogP contribution in [-0.2, 0) is 11.3 Å². The van der Waals surface area contributed by atoms with Crippen molar-refractivity contribution in [2.75, 3.05) is 13.1 Å². The lowest BCUT2D eigenvalue weighted by Crippen LogP contribution is -2.20. The van der Waals surface area contributed by atoms with Gasteiger partial charge in [-0.05, 0) is 56.8 Å². The summed E-state index contributed by atoms with van der Waals surface area (Å²) in [4.78, 5) is 12.8. The van der Waals surface area contributed by atoms with E-state index in [1.54, 1.807) is 0 Å². The molecular weight excluding hydrogens is 354 g/mol. The third kappa shape index (κ3) is 3.56. The zero-order chi connectivity index (χ0) is 12.4. The summed E-state index contributed by atoms with van der Waals surface area (Å²) in [5, 5.41) is 8.74. The first-order valence-corrected chi connectivity index (χ1v) is 7.01. The van der Waals surface area contributed by atoms with E-state index in [2.05, 4.69) is 36.8 Å². The number of rotatable bonds is 4. The van der Waals surface area contributed by atoms with Crippen LogP contribution in [0.3, 0.4) is 0 Å². The van der Waals surface area contributed by atoms with Gasteiger partial charge in [0.1, 0.15) is 5.76 Å². The molecule has 0 radical (unpaired) electrons. The number of likely N-dealkylation sites (tertiary alicyclic amines) is 1. The molecule has 0 bridgehead atoms. The highest BCUT2D eigenvalue weighted by Gasteiger charge is 2.25. The molecule has 0 amide bonds. The van der Waals surface area contributed by atoms with E-state index in [4.69, 9.17) is 9.52 Å². The maximum Gasteiger partial charge on any atom is 0.303 e. The third-order valence-corrected chi connectivity index (χ3v) is 4.62. The lowest BCUT2D eigenvalue weighted by atomic mass is 10.1. The lowest BCUT2D eigenvalue weighted by Gasteiger charge is -2.13. The summed E-state index contributed by atoms with van der Waals surface area (Å²) in [7, 11) is 0. The molecular formula is C11H13Br2NO3. The minimum absolute atomic E-state index is 0.266. The molecule has 0 saturated carbocycles. The van der Waals surface area contributed by atoms with Gasteiger partial charge in [-0.3, -0.25) is 9.69 Å². The van der Waals surface area contributed by atoms with E-state index in [0.717, 1.165) is 36.3 Å². The Morgan fingerprint density at radius 1 is 1.59 bits per heavy atom. The first-order chi connectivity index (χ1) is 8.04. The molecule has 1 aliphatic rings. The molecule has 1 aliphatic heterocycles. The molecule has 0 spiro atoms. The van der Waals surface area contributed by atoms with Gasteiger partial charge in [-0.2, -0.15) is 0 Å². The van der Waals surface area contributed by atoms with Gasteiger partial charge in [0.15, 0.2) is 4.67 Å². The Balaban J connectivity index is 1.87. The highest BCUT2D eigenvalue weighted by molar-refractivity contribution is 9.13. The van der Waals surface area contributed by atoms with Crippen molar-refractivity contribution in [2.45, 2.75) is 19.4 Å². The molecule has 2 rings (SSSR count). The second-order valence-corrected chi connectivity index (χ2v) is 5.90. The predicted molar refractivity (Wildman–Crippen MR) is 69.7 cm³/mol. The Hall–Kier alpha value is -0.330. The Kier molecular flexibility index (Phi) is 4.27. The number of hydrogen-bond donors (Lipinski definition) is 1. The number of carboxylic acids is 1. The van der Waals surface area contributed by atoms with Crippen molar-refractivity contribution < 1.29 is 14.3 Å². The lowest BCUT2D eigenvalue weighted by molar-refractivity contribution is -0.138. The van der Waals surface area contributed by atoms with E-state index in [1.165, 1.54) is 0 Å². The van der Waals surface area contributed by atoms with Crippen LogP contribution in [0.2, 0.25) is 0 Å². The summed E-state index contributed by atoms with van der Waals surface area (Å²) in [5.41, 5.74) is 0. The first kappa shape index (κ1) is 13.1. The van der Waals surface area contributed by atoms with Crippen molar-refractivity contribution in [1.82, 2.24) is 4.90 Å². The van der Waals surface area contributed by atoms with Gasteiger partial charge in [0.2, 0.25) is 0 Å². The molecule has 94 valence electrons. The van der Waals surface area contributed by atoms with Crippen molar-refractivity contribution in [1.29, 1.82) is 0 Å². The predicted octanol–water partition coefficient (Wildman–Crippen LogP) is 3.10. The van der Waals surface area contributed by atoms with Crippen LogP contribution < -0.4 is 0 Å². The van der Waals surface area contributed by atoms with E-state index >= 15 is 0 Å². The smallest absolute Gasteiger partial charge is 0.303 e. The molecule has 1 aromatic heterocycles. The molecule has 2 heterocycles. The molecule has 1 saturated heterocycles. The molecule has 17 heavy (non-hydrogen) atoms. The van der Waals surface area contributed by atoms with Crippen molar-refractivity contribution in [3.05, 3.63) is 21.0 Å². The van der Waals surface area contributed by atoms with Crippen LogP contribution in [0, 0.1) is 5.92 Å². The fourth-order valence-corrected chi connectivity index (χ4v) is 2.82. The summed E-state index contributed by atoms with van der Waals surface area (Å²) in [5.74, 6) is 0.453. The zero-order valence-corrected chi connectivity index (χ0v) is 12.3. The fraction of sp³-hybridized carbons (Fsp3) is 0.545. The van der Waals surface area contributed by atoms with Gasteiger partial charge in [0.05, 0.1) is 11.0 Å². The SMILES string of the molecule is O=C(O)CC1CCN(Cc2cc(Br)c(Br)o2)C1. The van der Waals surface area contributed by atoms with Gasteiger partial charge in [0, 0.05) is 13.0 Å². The number of aliphatic carboxylic acids is 1. The number of halogens is 2. The van der Waals surface area contributed by atoms with E-state index in [0.29, 0.717) is 4.67 Å². The van der Waals surface area contributed by atoms with Gasteiger partial charge in [0.25, 0.3) is 0 Å².